The Bertz CT molecular complexity index is 836. The summed E-state index contributed by atoms with van der Waals surface area (Å²) in [4.78, 5) is 11.2. The fraction of sp³-hybridized carbons (Fsp3) is 0.143. The van der Waals surface area contributed by atoms with Gasteiger partial charge in [-0.05, 0) is 12.1 Å². The molecule has 2 N–H and O–H groups in total. The molecule has 7 nitrogen and oxygen atoms in total. The van der Waals surface area contributed by atoms with E-state index < -0.39 is 10.0 Å². The molecule has 2 heterocycles. The second-order valence-corrected chi connectivity index (χ2v) is 6.51. The third kappa shape index (κ3) is 3.53. The van der Waals surface area contributed by atoms with Gasteiger partial charge in [0.15, 0.2) is 0 Å². The van der Waals surface area contributed by atoms with E-state index in [1.807, 2.05) is 6.07 Å². The lowest BCUT2D eigenvalue weighted by atomic mass is 10.3. The number of aromatic amines is 1. The summed E-state index contributed by atoms with van der Waals surface area (Å²) in [7, 11) is -1.89. The average Bonchev–Trinajstić information content (AvgIpc) is 2.95. The number of fused-ring (bicyclic) bond motifs is 1. The summed E-state index contributed by atoms with van der Waals surface area (Å²) in [5, 5.41) is 3.82. The van der Waals surface area contributed by atoms with Crippen molar-refractivity contribution in [3.8, 4) is 0 Å². The van der Waals surface area contributed by atoms with Crippen LogP contribution in [0.4, 0.5) is 5.82 Å². The van der Waals surface area contributed by atoms with Gasteiger partial charge < -0.3 is 10.3 Å². The monoisotopic (exact) mass is 319 g/mol. The molecule has 0 spiro atoms. The Labute approximate surface area is 129 Å². The average molecular weight is 319 g/mol. The van der Waals surface area contributed by atoms with Crippen LogP contribution in [-0.2, 0) is 10.0 Å². The molecule has 116 valence electrons. The third-order valence-electron chi connectivity index (χ3n) is 2.97. The third-order valence-corrected chi connectivity index (χ3v) is 4.18. The van der Waals surface area contributed by atoms with Crippen molar-refractivity contribution >= 4 is 26.9 Å². The normalized spacial score (nSPS) is 12.7. The zero-order valence-electron chi connectivity index (χ0n) is 12.3. The standard InChI is InChI=1S/C14H17N5O2S/c1-4-5-6-11(19(2)22(3,20)21)9-16-14-12-7-8-15-13(12)17-10-18-14/h4-10H,1H2,2-3H3,(H2,15,16,17,18)/b6-5-,11-9-. The van der Waals surface area contributed by atoms with Gasteiger partial charge >= 0.3 is 0 Å². The lowest BCUT2D eigenvalue weighted by molar-refractivity contribution is 0.536. The van der Waals surface area contributed by atoms with Crippen molar-refractivity contribution in [1.82, 2.24) is 19.3 Å². The second kappa shape index (κ2) is 6.44. The summed E-state index contributed by atoms with van der Waals surface area (Å²) in [6, 6.07) is 1.84. The summed E-state index contributed by atoms with van der Waals surface area (Å²) in [6.07, 6.45) is 10.7. The van der Waals surface area contributed by atoms with Gasteiger partial charge in [0.25, 0.3) is 0 Å². The van der Waals surface area contributed by atoms with E-state index in [1.165, 1.54) is 13.4 Å². The smallest absolute Gasteiger partial charge is 0.232 e. The molecule has 8 heteroatoms. The quantitative estimate of drug-likeness (QED) is 0.793. The molecule has 0 aliphatic carbocycles. The maximum atomic E-state index is 11.7. The van der Waals surface area contributed by atoms with E-state index in [2.05, 4.69) is 26.8 Å². The van der Waals surface area contributed by atoms with Crippen LogP contribution in [0.15, 0.2) is 55.3 Å². The highest BCUT2D eigenvalue weighted by Crippen LogP contribution is 2.18. The Morgan fingerprint density at radius 3 is 2.91 bits per heavy atom. The SMILES string of the molecule is C=C/C=C\C(=C\Nc1ncnc2[nH]ccc12)N(C)S(C)(=O)=O. The fourth-order valence-electron chi connectivity index (χ4n) is 1.73. The van der Waals surface area contributed by atoms with Gasteiger partial charge in [0.2, 0.25) is 10.0 Å². The lowest BCUT2D eigenvalue weighted by Gasteiger charge is -2.17. The van der Waals surface area contributed by atoms with Crippen LogP contribution in [0.3, 0.4) is 0 Å². The van der Waals surface area contributed by atoms with Gasteiger partial charge in [-0.1, -0.05) is 18.7 Å². The molecular formula is C14H17N5O2S. The van der Waals surface area contributed by atoms with Crippen LogP contribution in [0.1, 0.15) is 0 Å². The zero-order chi connectivity index (χ0) is 16.2. The Kier molecular flexibility index (Phi) is 4.62. The van der Waals surface area contributed by atoms with Gasteiger partial charge in [-0.25, -0.2) is 18.4 Å². The molecule has 2 aromatic heterocycles. The number of rotatable bonds is 6. The minimum atomic E-state index is -3.37. The number of nitrogens with one attached hydrogen (secondary N) is 2. The molecule has 0 radical (unpaired) electrons. The first-order chi connectivity index (χ1) is 10.4. The molecule has 0 fully saturated rings. The summed E-state index contributed by atoms with van der Waals surface area (Å²) in [6.45, 7) is 3.58. The van der Waals surface area contributed by atoms with Gasteiger partial charge in [0, 0.05) is 19.4 Å². The molecule has 2 aromatic rings. The number of sulfonamides is 1. The summed E-state index contributed by atoms with van der Waals surface area (Å²) < 4.78 is 24.5. The summed E-state index contributed by atoms with van der Waals surface area (Å²) >= 11 is 0. The Morgan fingerprint density at radius 1 is 1.45 bits per heavy atom. The number of hydrogen-bond acceptors (Lipinski definition) is 5. The molecule has 0 bridgehead atoms. The predicted octanol–water partition coefficient (Wildman–Crippen LogP) is 1.84. The molecule has 0 atom stereocenters. The molecule has 0 aliphatic heterocycles. The molecule has 0 aromatic carbocycles. The first kappa shape index (κ1) is 15.8. The number of nitrogens with zero attached hydrogens (tertiary/aromatic N) is 3. The van der Waals surface area contributed by atoms with E-state index >= 15 is 0 Å². The molecular weight excluding hydrogens is 302 g/mol. The van der Waals surface area contributed by atoms with Crippen LogP contribution in [0.2, 0.25) is 0 Å². The van der Waals surface area contributed by atoms with E-state index in [0.29, 0.717) is 17.2 Å². The number of hydrogen-bond donors (Lipinski definition) is 2. The number of anilines is 1. The first-order valence-electron chi connectivity index (χ1n) is 6.41. The van der Waals surface area contributed by atoms with Crippen molar-refractivity contribution in [3.63, 3.8) is 0 Å². The first-order valence-corrected chi connectivity index (χ1v) is 8.26. The Morgan fingerprint density at radius 2 is 2.23 bits per heavy atom. The van der Waals surface area contributed by atoms with Crippen LogP contribution in [0, 0.1) is 0 Å². The Hall–Kier alpha value is -2.61. The zero-order valence-corrected chi connectivity index (χ0v) is 13.1. The van der Waals surface area contributed by atoms with Gasteiger partial charge in [-0.3, -0.25) is 4.31 Å². The summed E-state index contributed by atoms with van der Waals surface area (Å²) in [5.41, 5.74) is 1.15. The fourth-order valence-corrected chi connectivity index (χ4v) is 2.23. The van der Waals surface area contributed by atoms with Crippen molar-refractivity contribution < 1.29 is 8.42 Å². The van der Waals surface area contributed by atoms with E-state index in [1.54, 1.807) is 30.6 Å². The maximum Gasteiger partial charge on any atom is 0.232 e. The Balaban J connectivity index is 2.36. The van der Waals surface area contributed by atoms with Crippen LogP contribution < -0.4 is 5.32 Å². The molecule has 0 unspecified atom stereocenters. The van der Waals surface area contributed by atoms with Crippen molar-refractivity contribution in [2.45, 2.75) is 0 Å². The van der Waals surface area contributed by atoms with Crippen LogP contribution in [0.5, 0.6) is 0 Å². The highest BCUT2D eigenvalue weighted by molar-refractivity contribution is 7.88. The molecule has 2 rings (SSSR count). The summed E-state index contributed by atoms with van der Waals surface area (Å²) in [5.74, 6) is 0.581. The number of H-pyrrole nitrogens is 1. The van der Waals surface area contributed by atoms with E-state index in [0.717, 1.165) is 15.9 Å². The van der Waals surface area contributed by atoms with E-state index in [-0.39, 0.29) is 0 Å². The van der Waals surface area contributed by atoms with Crippen LogP contribution >= 0.6 is 0 Å². The topological polar surface area (TPSA) is 91.0 Å². The lowest BCUT2D eigenvalue weighted by Crippen LogP contribution is -2.24. The van der Waals surface area contributed by atoms with E-state index in [9.17, 15) is 8.42 Å². The minimum absolute atomic E-state index is 0.449. The number of allylic oxidation sites excluding steroid dienone is 3. The molecule has 0 aliphatic rings. The van der Waals surface area contributed by atoms with Crippen LogP contribution in [0.25, 0.3) is 11.0 Å². The highest BCUT2D eigenvalue weighted by Gasteiger charge is 2.12. The largest absolute Gasteiger partial charge is 0.346 e. The van der Waals surface area contributed by atoms with Gasteiger partial charge in [-0.2, -0.15) is 0 Å². The van der Waals surface area contributed by atoms with Gasteiger partial charge in [0.1, 0.15) is 17.8 Å². The maximum absolute atomic E-state index is 11.7. The molecule has 0 saturated heterocycles. The highest BCUT2D eigenvalue weighted by atomic mass is 32.2. The van der Waals surface area contributed by atoms with Gasteiger partial charge in [0.05, 0.1) is 17.3 Å². The van der Waals surface area contributed by atoms with E-state index in [4.69, 9.17) is 0 Å². The second-order valence-electron chi connectivity index (χ2n) is 4.50. The minimum Gasteiger partial charge on any atom is -0.346 e. The van der Waals surface area contributed by atoms with Crippen molar-refractivity contribution in [3.05, 3.63) is 55.3 Å². The number of aromatic nitrogens is 3. The number of likely N-dealkylation sites (N-methyl/N-ethyl adjacent to an activating group) is 1. The molecule has 0 amide bonds. The predicted molar refractivity (Wildman–Crippen MR) is 87.5 cm³/mol. The van der Waals surface area contributed by atoms with Crippen molar-refractivity contribution in [1.29, 1.82) is 0 Å². The van der Waals surface area contributed by atoms with Gasteiger partial charge in [-0.15, -0.1) is 0 Å². The van der Waals surface area contributed by atoms with Crippen LogP contribution in [-0.4, -0.2) is 41.0 Å². The molecule has 0 saturated carbocycles. The molecule has 22 heavy (non-hydrogen) atoms. The van der Waals surface area contributed by atoms with Crippen molar-refractivity contribution in [2.75, 3.05) is 18.6 Å². The van der Waals surface area contributed by atoms with Crippen molar-refractivity contribution in [2.24, 2.45) is 0 Å².